The predicted molar refractivity (Wildman–Crippen MR) is 71.3 cm³/mol. The van der Waals surface area contributed by atoms with Gasteiger partial charge in [0, 0.05) is 5.56 Å². The van der Waals surface area contributed by atoms with E-state index in [0.717, 1.165) is 0 Å². The number of H-pyrrole nitrogens is 1. The summed E-state index contributed by atoms with van der Waals surface area (Å²) in [5, 5.41) is 19.0. The summed E-state index contributed by atoms with van der Waals surface area (Å²) in [6, 6.07) is 4.25. The molecule has 2 rings (SSSR count). The predicted octanol–water partition coefficient (Wildman–Crippen LogP) is 1.36. The summed E-state index contributed by atoms with van der Waals surface area (Å²) >= 11 is 0. The zero-order valence-electron chi connectivity index (χ0n) is 11.4. The lowest BCUT2D eigenvalue weighted by Crippen LogP contribution is -2.07. The van der Waals surface area contributed by atoms with Crippen molar-refractivity contribution in [3.05, 3.63) is 29.5 Å². The molecule has 0 fully saturated rings. The van der Waals surface area contributed by atoms with Crippen molar-refractivity contribution in [2.24, 2.45) is 0 Å². The number of carbonyl (C=O) groups excluding carboxylic acids is 1. The number of benzene rings is 1. The van der Waals surface area contributed by atoms with E-state index in [1.165, 1.54) is 25.3 Å². The Kier molecular flexibility index (Phi) is 4.17. The molecule has 21 heavy (non-hydrogen) atoms. The van der Waals surface area contributed by atoms with Crippen LogP contribution in [0.4, 0.5) is 0 Å². The van der Waals surface area contributed by atoms with Crippen LogP contribution in [0.5, 0.6) is 5.75 Å². The van der Waals surface area contributed by atoms with Crippen LogP contribution >= 0.6 is 0 Å². The van der Waals surface area contributed by atoms with E-state index in [2.05, 4.69) is 15.4 Å². The zero-order chi connectivity index (χ0) is 15.4. The Bertz CT molecular complexity index is 680. The molecule has 2 N–H and O–H groups in total. The summed E-state index contributed by atoms with van der Waals surface area (Å²) in [6.45, 7) is 1.86. The number of aromatic nitrogens is 3. The average Bonchev–Trinajstić information content (AvgIpc) is 2.96. The number of esters is 1. The van der Waals surface area contributed by atoms with Gasteiger partial charge in [-0.3, -0.25) is 0 Å². The van der Waals surface area contributed by atoms with Crippen LogP contribution in [0.2, 0.25) is 0 Å². The Morgan fingerprint density at radius 2 is 2.10 bits per heavy atom. The van der Waals surface area contributed by atoms with Crippen LogP contribution in [0.15, 0.2) is 18.2 Å². The third-order valence-corrected chi connectivity index (χ3v) is 2.72. The second-order valence-corrected chi connectivity index (χ2v) is 3.96. The smallest absolute Gasteiger partial charge is 0.361 e. The lowest BCUT2D eigenvalue weighted by atomic mass is 10.1. The van der Waals surface area contributed by atoms with Gasteiger partial charge in [-0.1, -0.05) is 0 Å². The van der Waals surface area contributed by atoms with Crippen molar-refractivity contribution in [3.8, 4) is 17.0 Å². The molecule has 1 aromatic heterocycles. The Morgan fingerprint density at radius 1 is 1.33 bits per heavy atom. The second kappa shape index (κ2) is 6.04. The van der Waals surface area contributed by atoms with Crippen LogP contribution in [-0.4, -0.2) is 46.2 Å². The summed E-state index contributed by atoms with van der Waals surface area (Å²) < 4.78 is 10.1. The second-order valence-electron chi connectivity index (χ2n) is 3.96. The highest BCUT2D eigenvalue weighted by atomic mass is 16.5. The number of rotatable bonds is 5. The van der Waals surface area contributed by atoms with Crippen LogP contribution in [0.25, 0.3) is 11.3 Å². The van der Waals surface area contributed by atoms with Gasteiger partial charge in [-0.05, 0) is 25.1 Å². The van der Waals surface area contributed by atoms with Gasteiger partial charge in [0.1, 0.15) is 11.4 Å². The van der Waals surface area contributed by atoms with E-state index < -0.39 is 11.9 Å². The molecule has 0 bridgehead atoms. The Labute approximate surface area is 119 Å². The average molecular weight is 291 g/mol. The minimum absolute atomic E-state index is 0.0299. The van der Waals surface area contributed by atoms with E-state index in [0.29, 0.717) is 11.3 Å². The summed E-state index contributed by atoms with van der Waals surface area (Å²) in [4.78, 5) is 22.9. The molecule has 1 heterocycles. The summed E-state index contributed by atoms with van der Waals surface area (Å²) in [5.41, 5.74) is 0.531. The Morgan fingerprint density at radius 3 is 2.71 bits per heavy atom. The Hall–Kier alpha value is -2.90. The molecule has 0 spiro atoms. The van der Waals surface area contributed by atoms with Crippen LogP contribution in [0, 0.1) is 0 Å². The van der Waals surface area contributed by atoms with Crippen LogP contribution in [-0.2, 0) is 4.74 Å². The maximum atomic E-state index is 11.8. The molecule has 8 heteroatoms. The van der Waals surface area contributed by atoms with Crippen molar-refractivity contribution in [2.45, 2.75) is 6.92 Å². The normalized spacial score (nSPS) is 10.2. The molecule has 8 nitrogen and oxygen atoms in total. The molecular weight excluding hydrogens is 278 g/mol. The first-order chi connectivity index (χ1) is 10.1. The molecule has 0 atom stereocenters. The number of ether oxygens (including phenoxy) is 2. The van der Waals surface area contributed by atoms with Gasteiger partial charge in [-0.25, -0.2) is 9.59 Å². The van der Waals surface area contributed by atoms with E-state index in [9.17, 15) is 9.59 Å². The van der Waals surface area contributed by atoms with Gasteiger partial charge in [0.15, 0.2) is 5.69 Å². The van der Waals surface area contributed by atoms with Gasteiger partial charge in [0.2, 0.25) is 0 Å². The monoisotopic (exact) mass is 291 g/mol. The van der Waals surface area contributed by atoms with E-state index in [-0.39, 0.29) is 23.6 Å². The Balaban J connectivity index is 2.55. The number of hydrogen-bond acceptors (Lipinski definition) is 6. The quantitative estimate of drug-likeness (QED) is 0.799. The highest BCUT2D eigenvalue weighted by molar-refractivity contribution is 5.96. The molecule has 0 unspecified atom stereocenters. The fourth-order valence-corrected chi connectivity index (χ4v) is 1.79. The molecular formula is C13H13N3O5. The van der Waals surface area contributed by atoms with Crippen molar-refractivity contribution in [1.82, 2.24) is 15.4 Å². The van der Waals surface area contributed by atoms with E-state index in [4.69, 9.17) is 14.6 Å². The number of nitrogens with one attached hydrogen (secondary N) is 1. The third-order valence-electron chi connectivity index (χ3n) is 2.72. The van der Waals surface area contributed by atoms with Gasteiger partial charge < -0.3 is 14.6 Å². The van der Waals surface area contributed by atoms with E-state index >= 15 is 0 Å². The van der Waals surface area contributed by atoms with Gasteiger partial charge in [0.25, 0.3) is 0 Å². The van der Waals surface area contributed by atoms with Crippen LogP contribution in [0.3, 0.4) is 0 Å². The number of nitrogens with zero attached hydrogens (tertiary/aromatic N) is 2. The van der Waals surface area contributed by atoms with Gasteiger partial charge in [-0.2, -0.15) is 10.3 Å². The summed E-state index contributed by atoms with van der Waals surface area (Å²) in [5.74, 6) is -1.37. The van der Waals surface area contributed by atoms with Gasteiger partial charge in [-0.15, -0.1) is 5.10 Å². The molecule has 2 aromatic rings. The fourth-order valence-electron chi connectivity index (χ4n) is 1.79. The van der Waals surface area contributed by atoms with Crippen LogP contribution < -0.4 is 4.74 Å². The molecule has 1 aromatic carbocycles. The standard InChI is InChI=1S/C13H13N3O5/c1-3-21-13(19)11-10(14-16-15-11)8-6-7(12(17)18)4-5-9(8)20-2/h4-6H,3H2,1-2H3,(H,17,18)(H,14,15,16). The third kappa shape index (κ3) is 2.83. The molecule has 110 valence electrons. The lowest BCUT2D eigenvalue weighted by molar-refractivity contribution is 0.0520. The summed E-state index contributed by atoms with van der Waals surface area (Å²) in [6.07, 6.45) is 0. The van der Waals surface area contributed by atoms with Crippen molar-refractivity contribution in [3.63, 3.8) is 0 Å². The van der Waals surface area contributed by atoms with E-state index in [1.807, 2.05) is 0 Å². The van der Waals surface area contributed by atoms with Gasteiger partial charge in [0.05, 0.1) is 19.3 Å². The minimum atomic E-state index is -1.10. The minimum Gasteiger partial charge on any atom is -0.496 e. The first-order valence-electron chi connectivity index (χ1n) is 6.08. The number of aromatic carboxylic acids is 1. The molecule has 0 amide bonds. The molecule has 0 aliphatic carbocycles. The summed E-state index contributed by atoms with van der Waals surface area (Å²) in [7, 11) is 1.43. The number of carboxylic acids is 1. The number of hydrogen-bond donors (Lipinski definition) is 2. The van der Waals surface area contributed by atoms with Crippen molar-refractivity contribution < 1.29 is 24.2 Å². The maximum Gasteiger partial charge on any atom is 0.361 e. The number of methoxy groups -OCH3 is 1. The lowest BCUT2D eigenvalue weighted by Gasteiger charge is -2.08. The van der Waals surface area contributed by atoms with Crippen molar-refractivity contribution in [1.29, 1.82) is 0 Å². The molecule has 0 aliphatic heterocycles. The SMILES string of the molecule is CCOC(=O)c1n[nH]nc1-c1cc(C(=O)O)ccc1OC. The first-order valence-corrected chi connectivity index (χ1v) is 6.08. The van der Waals surface area contributed by atoms with Crippen molar-refractivity contribution in [2.75, 3.05) is 13.7 Å². The number of carbonyl (C=O) groups is 2. The highest BCUT2D eigenvalue weighted by Gasteiger charge is 2.22. The van der Waals surface area contributed by atoms with E-state index in [1.54, 1.807) is 6.92 Å². The number of carboxylic acid groups (broad SMARTS) is 1. The molecule has 0 saturated carbocycles. The van der Waals surface area contributed by atoms with Gasteiger partial charge >= 0.3 is 11.9 Å². The van der Waals surface area contributed by atoms with Crippen molar-refractivity contribution >= 4 is 11.9 Å². The molecule has 0 aliphatic rings. The maximum absolute atomic E-state index is 11.8. The largest absolute Gasteiger partial charge is 0.496 e. The van der Waals surface area contributed by atoms with Crippen LogP contribution in [0.1, 0.15) is 27.8 Å². The fraction of sp³-hybridized carbons (Fsp3) is 0.231. The highest BCUT2D eigenvalue weighted by Crippen LogP contribution is 2.31. The topological polar surface area (TPSA) is 114 Å². The zero-order valence-corrected chi connectivity index (χ0v) is 11.4. The first kappa shape index (κ1) is 14.5. The molecule has 0 saturated heterocycles. The molecule has 0 radical (unpaired) electrons. The number of aromatic amines is 1.